The van der Waals surface area contributed by atoms with Gasteiger partial charge in [0.15, 0.2) is 0 Å². The summed E-state index contributed by atoms with van der Waals surface area (Å²) in [4.78, 5) is 10.6. The van der Waals surface area contributed by atoms with Gasteiger partial charge in [0.05, 0.1) is 11.3 Å². The Morgan fingerprint density at radius 2 is 2.18 bits per heavy atom. The summed E-state index contributed by atoms with van der Waals surface area (Å²) in [7, 11) is 0. The number of primary amides is 1. The summed E-state index contributed by atoms with van der Waals surface area (Å²) in [5, 5.41) is 8.02. The first-order valence-corrected chi connectivity index (χ1v) is 5.87. The molecular formula is C10H11N3O3S. The molecule has 2 aromatic heterocycles. The Bertz CT molecular complexity index is 547. The van der Waals surface area contributed by atoms with Crippen LogP contribution in [0.3, 0.4) is 0 Å². The molecular weight excluding hydrogens is 242 g/mol. The number of carbonyl (C=O) groups is 1. The van der Waals surface area contributed by atoms with E-state index in [1.165, 1.54) is 0 Å². The smallest absolute Gasteiger partial charge is 0.277 e. The van der Waals surface area contributed by atoms with Crippen molar-refractivity contribution in [1.29, 1.82) is 0 Å². The lowest BCUT2D eigenvalue weighted by molar-refractivity contribution is -0.115. The fraction of sp³-hybridized carbons (Fsp3) is 0.300. The van der Waals surface area contributed by atoms with E-state index in [2.05, 4.69) is 10.2 Å². The van der Waals surface area contributed by atoms with Gasteiger partial charge in [-0.3, -0.25) is 4.79 Å². The molecule has 0 atom stereocenters. The van der Waals surface area contributed by atoms with Crippen molar-refractivity contribution >= 4 is 17.7 Å². The van der Waals surface area contributed by atoms with Gasteiger partial charge in [-0.05, 0) is 19.9 Å². The average Bonchev–Trinajstić information content (AvgIpc) is 2.82. The number of hydrogen-bond donors (Lipinski definition) is 1. The van der Waals surface area contributed by atoms with Crippen molar-refractivity contribution in [1.82, 2.24) is 10.2 Å². The lowest BCUT2D eigenvalue weighted by Crippen LogP contribution is -2.12. The molecule has 0 unspecified atom stereocenters. The van der Waals surface area contributed by atoms with Crippen LogP contribution in [0.15, 0.2) is 20.1 Å². The zero-order valence-electron chi connectivity index (χ0n) is 9.39. The highest BCUT2D eigenvalue weighted by Crippen LogP contribution is 2.27. The average molecular weight is 253 g/mol. The molecule has 0 radical (unpaired) electrons. The van der Waals surface area contributed by atoms with Crippen molar-refractivity contribution < 1.29 is 13.6 Å². The summed E-state index contributed by atoms with van der Waals surface area (Å²) in [6.45, 7) is 3.67. The topological polar surface area (TPSA) is 95.2 Å². The molecule has 0 aliphatic heterocycles. The minimum atomic E-state index is -0.426. The van der Waals surface area contributed by atoms with Gasteiger partial charge < -0.3 is 14.6 Å². The lowest BCUT2D eigenvalue weighted by Gasteiger charge is -1.90. The first kappa shape index (κ1) is 11.7. The SMILES string of the molecule is Cc1cc(-c2nnc(SCC(N)=O)o2)c(C)o1. The minimum absolute atomic E-state index is 0.116. The highest BCUT2D eigenvalue weighted by molar-refractivity contribution is 7.99. The normalized spacial score (nSPS) is 10.7. The van der Waals surface area contributed by atoms with Crippen LogP contribution in [0.1, 0.15) is 11.5 Å². The Balaban J connectivity index is 2.18. The number of amides is 1. The Kier molecular flexibility index (Phi) is 3.19. The van der Waals surface area contributed by atoms with Gasteiger partial charge in [0.25, 0.3) is 11.1 Å². The van der Waals surface area contributed by atoms with E-state index in [0.717, 1.165) is 28.8 Å². The van der Waals surface area contributed by atoms with Gasteiger partial charge in [-0.15, -0.1) is 10.2 Å². The second-order valence-electron chi connectivity index (χ2n) is 3.46. The van der Waals surface area contributed by atoms with Gasteiger partial charge in [0.1, 0.15) is 11.5 Å². The van der Waals surface area contributed by atoms with Crippen molar-refractivity contribution in [3.8, 4) is 11.5 Å². The predicted octanol–water partition coefficient (Wildman–Crippen LogP) is 1.52. The summed E-state index contributed by atoms with van der Waals surface area (Å²) in [6, 6.07) is 1.82. The van der Waals surface area contributed by atoms with E-state index in [1.807, 2.05) is 19.9 Å². The predicted molar refractivity (Wildman–Crippen MR) is 61.4 cm³/mol. The number of furan rings is 1. The minimum Gasteiger partial charge on any atom is -0.466 e. The van der Waals surface area contributed by atoms with Gasteiger partial charge >= 0.3 is 0 Å². The number of rotatable bonds is 4. The van der Waals surface area contributed by atoms with E-state index in [-0.39, 0.29) is 5.75 Å². The molecule has 2 heterocycles. The van der Waals surface area contributed by atoms with E-state index in [0.29, 0.717) is 11.1 Å². The summed E-state index contributed by atoms with van der Waals surface area (Å²) in [6.07, 6.45) is 0. The molecule has 1 amide bonds. The molecule has 0 saturated heterocycles. The fourth-order valence-electron chi connectivity index (χ4n) is 1.35. The monoisotopic (exact) mass is 253 g/mol. The number of nitrogens with two attached hydrogens (primary N) is 1. The maximum Gasteiger partial charge on any atom is 0.277 e. The highest BCUT2D eigenvalue weighted by atomic mass is 32.2. The quantitative estimate of drug-likeness (QED) is 0.830. The van der Waals surface area contributed by atoms with Gasteiger partial charge in [-0.25, -0.2) is 0 Å². The van der Waals surface area contributed by atoms with Crippen LogP contribution in [0, 0.1) is 13.8 Å². The number of aryl methyl sites for hydroxylation is 2. The first-order valence-electron chi connectivity index (χ1n) is 4.88. The first-order chi connectivity index (χ1) is 8.06. The molecule has 0 aliphatic carbocycles. The van der Waals surface area contributed by atoms with E-state index in [1.54, 1.807) is 0 Å². The third-order valence-electron chi connectivity index (χ3n) is 2.02. The maximum atomic E-state index is 10.6. The van der Waals surface area contributed by atoms with Crippen LogP contribution in [0.2, 0.25) is 0 Å². The van der Waals surface area contributed by atoms with Crippen molar-refractivity contribution in [3.63, 3.8) is 0 Å². The maximum absolute atomic E-state index is 10.6. The van der Waals surface area contributed by atoms with E-state index < -0.39 is 5.91 Å². The Morgan fingerprint density at radius 1 is 1.41 bits per heavy atom. The molecule has 0 fully saturated rings. The Labute approximate surface area is 102 Å². The summed E-state index contributed by atoms with van der Waals surface area (Å²) in [5.41, 5.74) is 5.79. The van der Waals surface area contributed by atoms with Crippen molar-refractivity contribution in [2.45, 2.75) is 19.1 Å². The molecule has 0 spiro atoms. The zero-order valence-corrected chi connectivity index (χ0v) is 10.2. The van der Waals surface area contributed by atoms with Crippen LogP contribution in [-0.4, -0.2) is 21.9 Å². The Hall–Kier alpha value is -1.76. The van der Waals surface area contributed by atoms with E-state index >= 15 is 0 Å². The summed E-state index contributed by atoms with van der Waals surface area (Å²) >= 11 is 1.11. The Morgan fingerprint density at radius 3 is 2.76 bits per heavy atom. The largest absolute Gasteiger partial charge is 0.466 e. The molecule has 90 valence electrons. The van der Waals surface area contributed by atoms with Crippen molar-refractivity contribution in [3.05, 3.63) is 17.6 Å². The molecule has 6 nitrogen and oxygen atoms in total. The lowest BCUT2D eigenvalue weighted by atomic mass is 10.2. The summed E-state index contributed by atoms with van der Waals surface area (Å²) in [5.74, 6) is 1.57. The number of carbonyl (C=O) groups excluding carboxylic acids is 1. The molecule has 7 heteroatoms. The standard InChI is InChI=1S/C10H11N3O3S/c1-5-3-7(6(2)15-5)9-12-13-10(16-9)17-4-8(11)14/h3H,4H2,1-2H3,(H2,11,14). The zero-order chi connectivity index (χ0) is 12.4. The number of nitrogens with zero attached hydrogens (tertiary/aromatic N) is 2. The van der Waals surface area contributed by atoms with E-state index in [9.17, 15) is 4.79 Å². The fourth-order valence-corrected chi connectivity index (χ4v) is 1.86. The third-order valence-corrected chi connectivity index (χ3v) is 2.86. The molecule has 0 saturated carbocycles. The summed E-state index contributed by atoms with van der Waals surface area (Å²) < 4.78 is 10.8. The van der Waals surface area contributed by atoms with E-state index in [4.69, 9.17) is 14.6 Å². The molecule has 0 aromatic carbocycles. The van der Waals surface area contributed by atoms with Gasteiger partial charge in [0, 0.05) is 0 Å². The van der Waals surface area contributed by atoms with Crippen LogP contribution in [0.4, 0.5) is 0 Å². The molecule has 0 aliphatic rings. The van der Waals surface area contributed by atoms with Crippen LogP contribution in [0.5, 0.6) is 0 Å². The van der Waals surface area contributed by atoms with Gasteiger partial charge in [0.2, 0.25) is 5.91 Å². The highest BCUT2D eigenvalue weighted by Gasteiger charge is 2.15. The van der Waals surface area contributed by atoms with Gasteiger partial charge in [-0.1, -0.05) is 11.8 Å². The number of thioether (sulfide) groups is 1. The molecule has 2 N–H and O–H groups in total. The van der Waals surface area contributed by atoms with Crippen LogP contribution >= 0.6 is 11.8 Å². The third kappa shape index (κ3) is 2.68. The van der Waals surface area contributed by atoms with Gasteiger partial charge in [-0.2, -0.15) is 0 Å². The second-order valence-corrected chi connectivity index (χ2v) is 4.38. The van der Waals surface area contributed by atoms with Crippen LogP contribution < -0.4 is 5.73 Å². The molecule has 2 aromatic rings. The molecule has 2 rings (SSSR count). The van der Waals surface area contributed by atoms with Crippen LogP contribution in [0.25, 0.3) is 11.5 Å². The molecule has 0 bridgehead atoms. The van der Waals surface area contributed by atoms with Crippen LogP contribution in [-0.2, 0) is 4.79 Å². The number of aromatic nitrogens is 2. The molecule has 17 heavy (non-hydrogen) atoms. The van der Waals surface area contributed by atoms with Crippen molar-refractivity contribution in [2.24, 2.45) is 5.73 Å². The second kappa shape index (κ2) is 4.62. The number of hydrogen-bond acceptors (Lipinski definition) is 6. The van der Waals surface area contributed by atoms with Crippen molar-refractivity contribution in [2.75, 3.05) is 5.75 Å².